The minimum atomic E-state index is 0.267. The molecule has 72 valence electrons. The molecule has 0 amide bonds. The van der Waals surface area contributed by atoms with Crippen LogP contribution in [0.15, 0.2) is 0 Å². The maximum Gasteiger partial charge on any atom is 0.00967 e. The number of hydrogen-bond donors (Lipinski definition) is 2. The van der Waals surface area contributed by atoms with Crippen LogP contribution in [0.2, 0.25) is 0 Å². The van der Waals surface area contributed by atoms with Crippen molar-refractivity contribution in [2.75, 3.05) is 20.1 Å². The van der Waals surface area contributed by atoms with Gasteiger partial charge in [-0.3, -0.25) is 0 Å². The summed E-state index contributed by atoms with van der Waals surface area (Å²) >= 11 is 0. The lowest BCUT2D eigenvalue weighted by Gasteiger charge is -2.25. The SMILES string of the molecule is CNCC1(CNC(C)(C)C)CC1. The van der Waals surface area contributed by atoms with Gasteiger partial charge in [0.1, 0.15) is 0 Å². The summed E-state index contributed by atoms with van der Waals surface area (Å²) in [6, 6.07) is 0. The molecule has 12 heavy (non-hydrogen) atoms. The van der Waals surface area contributed by atoms with Crippen LogP contribution in [0.3, 0.4) is 0 Å². The molecule has 0 radical (unpaired) electrons. The minimum absolute atomic E-state index is 0.267. The summed E-state index contributed by atoms with van der Waals surface area (Å²) in [6.45, 7) is 9.00. The smallest absolute Gasteiger partial charge is 0.00967 e. The van der Waals surface area contributed by atoms with Crippen molar-refractivity contribution in [1.82, 2.24) is 10.6 Å². The van der Waals surface area contributed by atoms with E-state index in [0.717, 1.165) is 13.1 Å². The molecule has 0 heterocycles. The monoisotopic (exact) mass is 170 g/mol. The Labute approximate surface area is 76.1 Å². The van der Waals surface area contributed by atoms with Crippen molar-refractivity contribution >= 4 is 0 Å². The van der Waals surface area contributed by atoms with Gasteiger partial charge < -0.3 is 10.6 Å². The Morgan fingerprint density at radius 1 is 1.17 bits per heavy atom. The van der Waals surface area contributed by atoms with Gasteiger partial charge in [-0.2, -0.15) is 0 Å². The molecule has 0 spiro atoms. The Morgan fingerprint density at radius 3 is 2.08 bits per heavy atom. The number of rotatable bonds is 4. The quantitative estimate of drug-likeness (QED) is 0.666. The highest BCUT2D eigenvalue weighted by atomic mass is 15.0. The van der Waals surface area contributed by atoms with E-state index in [-0.39, 0.29) is 5.54 Å². The van der Waals surface area contributed by atoms with E-state index in [1.807, 2.05) is 7.05 Å². The van der Waals surface area contributed by atoms with Crippen LogP contribution < -0.4 is 10.6 Å². The van der Waals surface area contributed by atoms with E-state index in [2.05, 4.69) is 31.4 Å². The van der Waals surface area contributed by atoms with Gasteiger partial charge in [0.2, 0.25) is 0 Å². The summed E-state index contributed by atoms with van der Waals surface area (Å²) in [5.41, 5.74) is 0.853. The maximum atomic E-state index is 3.57. The van der Waals surface area contributed by atoms with Gasteiger partial charge in [0.05, 0.1) is 0 Å². The zero-order chi connectivity index (χ0) is 9.24. The summed E-state index contributed by atoms with van der Waals surface area (Å²) in [6.07, 6.45) is 2.77. The fraction of sp³-hybridized carbons (Fsp3) is 1.00. The molecule has 0 bridgehead atoms. The molecule has 1 fully saturated rings. The first kappa shape index (κ1) is 10.0. The average molecular weight is 170 g/mol. The lowest BCUT2D eigenvalue weighted by molar-refractivity contribution is 0.352. The van der Waals surface area contributed by atoms with Crippen LogP contribution in [0.5, 0.6) is 0 Å². The fourth-order valence-corrected chi connectivity index (χ4v) is 1.42. The molecule has 2 N–H and O–H groups in total. The third-order valence-corrected chi connectivity index (χ3v) is 2.50. The molecule has 0 aliphatic heterocycles. The van der Waals surface area contributed by atoms with E-state index in [1.54, 1.807) is 0 Å². The van der Waals surface area contributed by atoms with Crippen molar-refractivity contribution in [3.63, 3.8) is 0 Å². The van der Waals surface area contributed by atoms with E-state index in [1.165, 1.54) is 12.8 Å². The molecule has 0 unspecified atom stereocenters. The fourth-order valence-electron chi connectivity index (χ4n) is 1.42. The first-order valence-corrected chi connectivity index (χ1v) is 4.87. The van der Waals surface area contributed by atoms with Crippen molar-refractivity contribution in [2.45, 2.75) is 39.2 Å². The van der Waals surface area contributed by atoms with Gasteiger partial charge in [-0.15, -0.1) is 0 Å². The molecule has 0 aromatic rings. The molecule has 1 aliphatic carbocycles. The van der Waals surface area contributed by atoms with Crippen LogP contribution in [0.25, 0.3) is 0 Å². The third kappa shape index (κ3) is 3.11. The van der Waals surface area contributed by atoms with E-state index < -0.39 is 0 Å². The number of nitrogens with one attached hydrogen (secondary N) is 2. The molecule has 0 saturated heterocycles. The molecule has 1 aliphatic rings. The van der Waals surface area contributed by atoms with E-state index in [9.17, 15) is 0 Å². The summed E-state index contributed by atoms with van der Waals surface area (Å²) < 4.78 is 0. The zero-order valence-electron chi connectivity index (χ0n) is 8.83. The van der Waals surface area contributed by atoms with Gasteiger partial charge in [-0.05, 0) is 46.1 Å². The van der Waals surface area contributed by atoms with Crippen molar-refractivity contribution in [1.29, 1.82) is 0 Å². The Morgan fingerprint density at radius 2 is 1.75 bits per heavy atom. The molecule has 0 aromatic heterocycles. The first-order chi connectivity index (χ1) is 5.47. The van der Waals surface area contributed by atoms with E-state index in [0.29, 0.717) is 5.41 Å². The first-order valence-electron chi connectivity index (χ1n) is 4.87. The molecule has 2 heteroatoms. The van der Waals surface area contributed by atoms with Crippen molar-refractivity contribution < 1.29 is 0 Å². The molecular formula is C10H22N2. The predicted octanol–water partition coefficient (Wildman–Crippen LogP) is 1.37. The van der Waals surface area contributed by atoms with Gasteiger partial charge >= 0.3 is 0 Å². The van der Waals surface area contributed by atoms with Crippen molar-refractivity contribution in [3.8, 4) is 0 Å². The van der Waals surface area contributed by atoms with Crippen LogP contribution in [0, 0.1) is 5.41 Å². The highest BCUT2D eigenvalue weighted by Crippen LogP contribution is 2.44. The molecule has 0 aromatic carbocycles. The maximum absolute atomic E-state index is 3.57. The van der Waals surface area contributed by atoms with Crippen LogP contribution in [-0.4, -0.2) is 25.7 Å². The normalized spacial score (nSPS) is 21.0. The second-order valence-corrected chi connectivity index (χ2v) is 5.13. The van der Waals surface area contributed by atoms with Gasteiger partial charge in [0, 0.05) is 18.6 Å². The van der Waals surface area contributed by atoms with Crippen molar-refractivity contribution in [2.24, 2.45) is 5.41 Å². The van der Waals surface area contributed by atoms with Crippen LogP contribution in [-0.2, 0) is 0 Å². The van der Waals surface area contributed by atoms with Crippen LogP contribution in [0.1, 0.15) is 33.6 Å². The summed E-state index contributed by atoms with van der Waals surface area (Å²) in [5.74, 6) is 0. The Bertz CT molecular complexity index is 142. The zero-order valence-corrected chi connectivity index (χ0v) is 8.83. The average Bonchev–Trinajstić information content (AvgIpc) is 2.65. The Hall–Kier alpha value is -0.0800. The predicted molar refractivity (Wildman–Crippen MR) is 53.3 cm³/mol. The topological polar surface area (TPSA) is 24.1 Å². The van der Waals surface area contributed by atoms with Gasteiger partial charge in [-0.25, -0.2) is 0 Å². The lowest BCUT2D eigenvalue weighted by Crippen LogP contribution is -2.42. The summed E-state index contributed by atoms with van der Waals surface area (Å²) in [7, 11) is 2.04. The molecular weight excluding hydrogens is 148 g/mol. The van der Waals surface area contributed by atoms with Crippen molar-refractivity contribution in [3.05, 3.63) is 0 Å². The van der Waals surface area contributed by atoms with Crippen LogP contribution >= 0.6 is 0 Å². The number of hydrogen-bond acceptors (Lipinski definition) is 2. The summed E-state index contributed by atoms with van der Waals surface area (Å²) in [5, 5.41) is 6.84. The van der Waals surface area contributed by atoms with Gasteiger partial charge in [0.15, 0.2) is 0 Å². The van der Waals surface area contributed by atoms with E-state index >= 15 is 0 Å². The molecule has 1 rings (SSSR count). The second-order valence-electron chi connectivity index (χ2n) is 5.13. The summed E-state index contributed by atoms with van der Waals surface area (Å²) in [4.78, 5) is 0. The highest BCUT2D eigenvalue weighted by molar-refractivity contribution is 4.97. The highest BCUT2D eigenvalue weighted by Gasteiger charge is 2.41. The molecule has 2 nitrogen and oxygen atoms in total. The van der Waals surface area contributed by atoms with E-state index in [4.69, 9.17) is 0 Å². The Kier molecular flexibility index (Phi) is 2.79. The lowest BCUT2D eigenvalue weighted by atomic mass is 10.0. The third-order valence-electron chi connectivity index (χ3n) is 2.50. The van der Waals surface area contributed by atoms with Crippen LogP contribution in [0.4, 0.5) is 0 Å². The second kappa shape index (κ2) is 3.35. The molecule has 0 atom stereocenters. The largest absolute Gasteiger partial charge is 0.319 e. The standard InChI is InChI=1S/C10H22N2/c1-9(2,3)12-8-10(5-6-10)7-11-4/h11-12H,5-8H2,1-4H3. The van der Waals surface area contributed by atoms with Gasteiger partial charge in [0.25, 0.3) is 0 Å². The minimum Gasteiger partial charge on any atom is -0.319 e. The Balaban J connectivity index is 2.22. The molecule has 1 saturated carbocycles. The van der Waals surface area contributed by atoms with Gasteiger partial charge in [-0.1, -0.05) is 0 Å².